The lowest BCUT2D eigenvalue weighted by molar-refractivity contribution is -0.151. The van der Waals surface area contributed by atoms with Gasteiger partial charge >= 0.3 is 5.97 Å². The second kappa shape index (κ2) is 8.82. The van der Waals surface area contributed by atoms with Crippen molar-refractivity contribution in [1.82, 2.24) is 0 Å². The highest BCUT2D eigenvalue weighted by atomic mass is 16.5. The second-order valence-corrected chi connectivity index (χ2v) is 7.19. The molecule has 0 saturated carbocycles. The largest absolute Gasteiger partial charge is 0.455 e. The molecule has 0 fully saturated rings. The number of hydrogen-bond acceptors (Lipinski definition) is 3. The van der Waals surface area contributed by atoms with Gasteiger partial charge in [-0.25, -0.2) is 0 Å². The van der Waals surface area contributed by atoms with Gasteiger partial charge in [0.25, 0.3) is 0 Å². The Morgan fingerprint density at radius 2 is 1.52 bits per heavy atom. The Balaban J connectivity index is 2.08. The topological polar surface area (TPSA) is 52.3 Å². The first-order valence-corrected chi connectivity index (χ1v) is 8.98. The molecular formula is C22H29NO2. The van der Waals surface area contributed by atoms with Crippen LogP contribution < -0.4 is 5.73 Å². The van der Waals surface area contributed by atoms with Gasteiger partial charge in [0.05, 0.1) is 5.92 Å². The molecule has 3 unspecified atom stereocenters. The van der Waals surface area contributed by atoms with Crippen LogP contribution in [-0.4, -0.2) is 12.0 Å². The summed E-state index contributed by atoms with van der Waals surface area (Å²) in [5.41, 5.74) is 9.22. The SMILES string of the molecule is CC(C)Cc1ccc(C(C)C(=O)OC(c2ccccc2)C(C)N)cc1. The molecule has 2 N–H and O–H groups in total. The summed E-state index contributed by atoms with van der Waals surface area (Å²) < 4.78 is 5.75. The predicted octanol–water partition coefficient (Wildman–Crippen LogP) is 4.62. The van der Waals surface area contributed by atoms with E-state index in [-0.39, 0.29) is 17.9 Å². The summed E-state index contributed by atoms with van der Waals surface area (Å²) in [5, 5.41) is 0. The van der Waals surface area contributed by atoms with Gasteiger partial charge in [-0.05, 0) is 42.9 Å². The van der Waals surface area contributed by atoms with Crippen molar-refractivity contribution in [3.63, 3.8) is 0 Å². The van der Waals surface area contributed by atoms with Gasteiger partial charge in [0.15, 0.2) is 0 Å². The summed E-state index contributed by atoms with van der Waals surface area (Å²) >= 11 is 0. The zero-order valence-electron chi connectivity index (χ0n) is 15.6. The number of hydrogen-bond donors (Lipinski definition) is 1. The number of benzene rings is 2. The maximum atomic E-state index is 12.6. The molecule has 0 aliphatic carbocycles. The van der Waals surface area contributed by atoms with E-state index in [0.717, 1.165) is 17.5 Å². The van der Waals surface area contributed by atoms with Crippen LogP contribution in [0.1, 0.15) is 56.4 Å². The van der Waals surface area contributed by atoms with Crippen LogP contribution >= 0.6 is 0 Å². The van der Waals surface area contributed by atoms with E-state index in [1.807, 2.05) is 56.3 Å². The summed E-state index contributed by atoms with van der Waals surface area (Å²) in [6, 6.07) is 17.6. The van der Waals surface area contributed by atoms with Gasteiger partial charge in [-0.2, -0.15) is 0 Å². The third-order valence-electron chi connectivity index (χ3n) is 4.33. The van der Waals surface area contributed by atoms with Crippen molar-refractivity contribution in [1.29, 1.82) is 0 Å². The zero-order chi connectivity index (χ0) is 18.4. The first-order valence-electron chi connectivity index (χ1n) is 8.98. The van der Waals surface area contributed by atoms with Gasteiger partial charge in [0, 0.05) is 6.04 Å². The van der Waals surface area contributed by atoms with Crippen LogP contribution in [0, 0.1) is 5.92 Å². The van der Waals surface area contributed by atoms with E-state index in [0.29, 0.717) is 5.92 Å². The average Bonchev–Trinajstić information content (AvgIpc) is 2.59. The fourth-order valence-corrected chi connectivity index (χ4v) is 2.90. The highest BCUT2D eigenvalue weighted by Crippen LogP contribution is 2.25. The number of carbonyl (C=O) groups is 1. The number of rotatable bonds is 7. The highest BCUT2D eigenvalue weighted by Gasteiger charge is 2.25. The van der Waals surface area contributed by atoms with Crippen molar-refractivity contribution in [3.8, 4) is 0 Å². The molecule has 0 saturated heterocycles. The van der Waals surface area contributed by atoms with Gasteiger partial charge < -0.3 is 10.5 Å². The van der Waals surface area contributed by atoms with Crippen LogP contribution in [0.15, 0.2) is 54.6 Å². The Hall–Kier alpha value is -2.13. The summed E-state index contributed by atoms with van der Waals surface area (Å²) in [5.74, 6) is 0.0479. The molecule has 0 bridgehead atoms. The van der Waals surface area contributed by atoms with Gasteiger partial charge in [-0.15, -0.1) is 0 Å². The summed E-state index contributed by atoms with van der Waals surface area (Å²) in [7, 11) is 0. The Bertz CT molecular complexity index is 662. The fraction of sp³-hybridized carbons (Fsp3) is 0.409. The molecule has 2 aromatic rings. The third kappa shape index (κ3) is 5.43. The molecule has 2 rings (SSSR count). The van der Waals surface area contributed by atoms with Crippen molar-refractivity contribution < 1.29 is 9.53 Å². The van der Waals surface area contributed by atoms with Crippen molar-refractivity contribution in [3.05, 3.63) is 71.3 Å². The Morgan fingerprint density at radius 1 is 0.920 bits per heavy atom. The quantitative estimate of drug-likeness (QED) is 0.749. The molecule has 134 valence electrons. The monoisotopic (exact) mass is 339 g/mol. The van der Waals surface area contributed by atoms with Gasteiger partial charge in [0.2, 0.25) is 0 Å². The molecule has 0 aliphatic rings. The maximum Gasteiger partial charge on any atom is 0.313 e. The fourth-order valence-electron chi connectivity index (χ4n) is 2.90. The number of esters is 1. The minimum Gasteiger partial charge on any atom is -0.455 e. The van der Waals surface area contributed by atoms with Crippen molar-refractivity contribution in [2.45, 2.75) is 52.2 Å². The van der Waals surface area contributed by atoms with Crippen LogP contribution in [0.5, 0.6) is 0 Å². The van der Waals surface area contributed by atoms with E-state index in [1.54, 1.807) is 0 Å². The number of carbonyl (C=O) groups excluding carboxylic acids is 1. The molecule has 0 aromatic heterocycles. The van der Waals surface area contributed by atoms with E-state index in [4.69, 9.17) is 10.5 Å². The lowest BCUT2D eigenvalue weighted by Crippen LogP contribution is -2.30. The molecule has 2 aromatic carbocycles. The van der Waals surface area contributed by atoms with Crippen molar-refractivity contribution >= 4 is 5.97 Å². The number of ether oxygens (including phenoxy) is 1. The molecule has 0 radical (unpaired) electrons. The van der Waals surface area contributed by atoms with E-state index in [9.17, 15) is 4.79 Å². The van der Waals surface area contributed by atoms with E-state index >= 15 is 0 Å². The van der Waals surface area contributed by atoms with Crippen LogP contribution in [0.2, 0.25) is 0 Å². The Kier molecular flexibility index (Phi) is 6.77. The van der Waals surface area contributed by atoms with Crippen molar-refractivity contribution in [2.75, 3.05) is 0 Å². The molecule has 3 atom stereocenters. The average molecular weight is 339 g/mol. The standard InChI is InChI=1S/C22H29NO2/c1-15(2)14-18-10-12-19(13-11-18)16(3)22(24)25-21(17(4)23)20-8-6-5-7-9-20/h5-13,15-17,21H,14,23H2,1-4H3. The first-order chi connectivity index (χ1) is 11.9. The predicted molar refractivity (Wildman–Crippen MR) is 102 cm³/mol. The molecule has 0 aliphatic heterocycles. The Labute approximate surface area is 151 Å². The van der Waals surface area contributed by atoms with Crippen LogP contribution in [0.3, 0.4) is 0 Å². The normalized spacial score (nSPS) is 14.8. The minimum atomic E-state index is -0.434. The van der Waals surface area contributed by atoms with E-state index in [2.05, 4.69) is 26.0 Å². The third-order valence-corrected chi connectivity index (χ3v) is 4.33. The van der Waals surface area contributed by atoms with E-state index in [1.165, 1.54) is 5.56 Å². The summed E-state index contributed by atoms with van der Waals surface area (Å²) in [6.07, 6.45) is 0.608. The number of nitrogens with two attached hydrogens (primary N) is 1. The molecule has 0 spiro atoms. The van der Waals surface area contributed by atoms with Crippen LogP contribution in [-0.2, 0) is 16.0 Å². The smallest absolute Gasteiger partial charge is 0.313 e. The van der Waals surface area contributed by atoms with Crippen LogP contribution in [0.25, 0.3) is 0 Å². The van der Waals surface area contributed by atoms with Crippen LogP contribution in [0.4, 0.5) is 0 Å². The van der Waals surface area contributed by atoms with E-state index < -0.39 is 6.10 Å². The summed E-state index contributed by atoms with van der Waals surface area (Å²) in [6.45, 7) is 8.14. The van der Waals surface area contributed by atoms with Gasteiger partial charge in [0.1, 0.15) is 6.10 Å². The molecule has 3 nitrogen and oxygen atoms in total. The summed E-state index contributed by atoms with van der Waals surface area (Å²) in [4.78, 5) is 12.6. The molecule has 25 heavy (non-hydrogen) atoms. The molecule has 0 amide bonds. The minimum absolute atomic E-state index is 0.247. The van der Waals surface area contributed by atoms with Gasteiger partial charge in [-0.1, -0.05) is 68.4 Å². The van der Waals surface area contributed by atoms with Crippen molar-refractivity contribution in [2.24, 2.45) is 11.7 Å². The highest BCUT2D eigenvalue weighted by molar-refractivity contribution is 5.78. The second-order valence-electron chi connectivity index (χ2n) is 7.19. The molecular weight excluding hydrogens is 310 g/mol. The lowest BCUT2D eigenvalue weighted by Gasteiger charge is -2.23. The molecule has 3 heteroatoms. The lowest BCUT2D eigenvalue weighted by atomic mass is 9.96. The van der Waals surface area contributed by atoms with Gasteiger partial charge in [-0.3, -0.25) is 4.79 Å². The first kappa shape index (κ1) is 19.2. The zero-order valence-corrected chi connectivity index (χ0v) is 15.6. The molecule has 0 heterocycles. The Morgan fingerprint density at radius 3 is 2.04 bits per heavy atom. The maximum absolute atomic E-state index is 12.6.